The topological polar surface area (TPSA) is 50.1 Å². The SMILES string of the molecule is CCOC(=O)c1c(C(F)(F)F)ccc(SC(F)(F)F)c1C#N. The molecule has 1 aromatic carbocycles. The number of thioether (sulfide) groups is 1. The number of hydrogen-bond acceptors (Lipinski definition) is 4. The summed E-state index contributed by atoms with van der Waals surface area (Å²) in [5, 5.41) is 8.90. The number of hydrogen-bond donors (Lipinski definition) is 0. The van der Waals surface area contributed by atoms with Crippen LogP contribution in [0.25, 0.3) is 0 Å². The van der Waals surface area contributed by atoms with Gasteiger partial charge in [0.05, 0.1) is 23.3 Å². The molecule has 0 radical (unpaired) electrons. The average molecular weight is 343 g/mol. The Labute approximate surface area is 124 Å². The number of alkyl halides is 6. The number of halogens is 6. The Hall–Kier alpha value is -1.89. The highest BCUT2D eigenvalue weighted by Gasteiger charge is 2.39. The van der Waals surface area contributed by atoms with Crippen molar-refractivity contribution in [1.29, 1.82) is 5.26 Å². The van der Waals surface area contributed by atoms with Crippen molar-refractivity contribution in [3.05, 3.63) is 28.8 Å². The minimum Gasteiger partial charge on any atom is -0.462 e. The van der Waals surface area contributed by atoms with Gasteiger partial charge in [0, 0.05) is 4.90 Å². The molecule has 0 N–H and O–H groups in total. The molecule has 0 saturated carbocycles. The zero-order chi connectivity index (χ0) is 17.1. The van der Waals surface area contributed by atoms with Gasteiger partial charge in [-0.3, -0.25) is 0 Å². The van der Waals surface area contributed by atoms with E-state index in [-0.39, 0.29) is 6.61 Å². The van der Waals surface area contributed by atoms with Crippen LogP contribution >= 0.6 is 11.8 Å². The number of benzene rings is 1. The van der Waals surface area contributed by atoms with Crippen molar-refractivity contribution in [2.75, 3.05) is 6.61 Å². The van der Waals surface area contributed by atoms with E-state index in [0.29, 0.717) is 12.1 Å². The zero-order valence-corrected chi connectivity index (χ0v) is 11.6. The van der Waals surface area contributed by atoms with Gasteiger partial charge in [0.2, 0.25) is 0 Å². The van der Waals surface area contributed by atoms with E-state index in [2.05, 4.69) is 4.74 Å². The molecule has 0 spiro atoms. The van der Waals surface area contributed by atoms with E-state index in [0.717, 1.165) is 0 Å². The number of esters is 1. The molecule has 1 rings (SSSR count). The molecule has 0 aliphatic heterocycles. The molecule has 0 unspecified atom stereocenters. The van der Waals surface area contributed by atoms with Crippen molar-refractivity contribution in [2.24, 2.45) is 0 Å². The monoisotopic (exact) mass is 343 g/mol. The lowest BCUT2D eigenvalue weighted by atomic mass is 10.0. The third kappa shape index (κ3) is 4.30. The molecular weight excluding hydrogens is 336 g/mol. The van der Waals surface area contributed by atoms with Gasteiger partial charge in [-0.2, -0.15) is 31.6 Å². The molecule has 0 aromatic heterocycles. The molecule has 3 nitrogen and oxygen atoms in total. The summed E-state index contributed by atoms with van der Waals surface area (Å²) in [5.74, 6) is -1.50. The van der Waals surface area contributed by atoms with Gasteiger partial charge in [0.1, 0.15) is 6.07 Å². The molecule has 0 aliphatic rings. The van der Waals surface area contributed by atoms with Crippen LogP contribution < -0.4 is 0 Å². The smallest absolute Gasteiger partial charge is 0.446 e. The fourth-order valence-corrected chi connectivity index (χ4v) is 2.19. The van der Waals surface area contributed by atoms with E-state index in [1.54, 1.807) is 0 Å². The summed E-state index contributed by atoms with van der Waals surface area (Å²) in [5.41, 5.74) is -8.58. The quantitative estimate of drug-likeness (QED) is 0.465. The second-order valence-electron chi connectivity index (χ2n) is 3.74. The minimum atomic E-state index is -5.02. The molecule has 0 bridgehead atoms. The Kier molecular flexibility index (Phi) is 5.35. The molecule has 0 aliphatic carbocycles. The summed E-state index contributed by atoms with van der Waals surface area (Å²) in [6, 6.07) is 2.04. The molecule has 22 heavy (non-hydrogen) atoms. The fraction of sp³-hybridized carbons (Fsp3) is 0.333. The van der Waals surface area contributed by atoms with Crippen molar-refractivity contribution >= 4 is 17.7 Å². The van der Waals surface area contributed by atoms with Gasteiger partial charge in [-0.1, -0.05) is 0 Å². The first-order valence-corrected chi connectivity index (χ1v) is 6.40. The summed E-state index contributed by atoms with van der Waals surface area (Å²) in [6.45, 7) is 1.02. The van der Waals surface area contributed by atoms with E-state index >= 15 is 0 Å². The second kappa shape index (κ2) is 6.48. The maximum absolute atomic E-state index is 12.9. The Bertz CT molecular complexity index is 618. The first-order valence-electron chi connectivity index (χ1n) is 5.58. The zero-order valence-electron chi connectivity index (χ0n) is 10.8. The van der Waals surface area contributed by atoms with Crippen molar-refractivity contribution in [3.63, 3.8) is 0 Å². The van der Waals surface area contributed by atoms with E-state index < -0.39 is 51.0 Å². The second-order valence-corrected chi connectivity index (χ2v) is 4.85. The maximum atomic E-state index is 12.9. The van der Waals surface area contributed by atoms with Crippen LogP contribution in [-0.4, -0.2) is 18.1 Å². The highest BCUT2D eigenvalue weighted by atomic mass is 32.2. The van der Waals surface area contributed by atoms with Crippen LogP contribution in [0.4, 0.5) is 26.3 Å². The number of rotatable bonds is 3. The highest BCUT2D eigenvalue weighted by molar-refractivity contribution is 8.00. The normalized spacial score (nSPS) is 11.9. The van der Waals surface area contributed by atoms with Crippen LogP contribution in [0.2, 0.25) is 0 Å². The van der Waals surface area contributed by atoms with Crippen molar-refractivity contribution in [1.82, 2.24) is 0 Å². The van der Waals surface area contributed by atoms with E-state index in [1.807, 2.05) is 0 Å². The summed E-state index contributed by atoms with van der Waals surface area (Å²) < 4.78 is 80.2. The first kappa shape index (κ1) is 18.2. The molecule has 0 fully saturated rings. The third-order valence-electron chi connectivity index (χ3n) is 2.29. The standard InChI is InChI=1S/C12H7F6NO2S/c1-2-21-10(20)9-6(5-19)8(22-12(16,17)18)4-3-7(9)11(13,14)15/h3-4H,2H2,1H3. The predicted octanol–water partition coefficient (Wildman–Crippen LogP) is 4.37. The Balaban J connectivity index is 3.60. The number of ether oxygens (including phenoxy) is 1. The summed E-state index contributed by atoms with van der Waals surface area (Å²) in [4.78, 5) is 10.8. The predicted molar refractivity (Wildman–Crippen MR) is 64.0 cm³/mol. The van der Waals surface area contributed by atoms with Crippen LogP contribution in [-0.2, 0) is 10.9 Å². The molecule has 10 heteroatoms. The lowest BCUT2D eigenvalue weighted by Gasteiger charge is -2.16. The minimum absolute atomic E-state index is 0.294. The van der Waals surface area contributed by atoms with Gasteiger partial charge >= 0.3 is 17.7 Å². The van der Waals surface area contributed by atoms with E-state index in [1.165, 1.54) is 13.0 Å². The van der Waals surface area contributed by atoms with Crippen molar-refractivity contribution in [2.45, 2.75) is 23.5 Å². The van der Waals surface area contributed by atoms with Crippen molar-refractivity contribution < 1.29 is 35.9 Å². The third-order valence-corrected chi connectivity index (χ3v) is 3.08. The molecule has 120 valence electrons. The number of carbonyl (C=O) groups excluding carboxylic acids is 1. The maximum Gasteiger partial charge on any atom is 0.446 e. The van der Waals surface area contributed by atoms with Crippen LogP contribution in [0.5, 0.6) is 0 Å². The summed E-state index contributed by atoms with van der Waals surface area (Å²) in [7, 11) is 0. The van der Waals surface area contributed by atoms with Crippen LogP contribution in [0.15, 0.2) is 17.0 Å². The molecule has 0 saturated heterocycles. The Morgan fingerprint density at radius 1 is 1.27 bits per heavy atom. The van der Waals surface area contributed by atoms with Crippen LogP contribution in [0.1, 0.15) is 28.4 Å². The van der Waals surface area contributed by atoms with Gasteiger partial charge in [-0.15, -0.1) is 0 Å². The molecule has 0 atom stereocenters. The van der Waals surface area contributed by atoms with Gasteiger partial charge in [-0.25, -0.2) is 4.79 Å². The fourth-order valence-electron chi connectivity index (χ4n) is 1.56. The number of carbonyl (C=O) groups is 1. The Morgan fingerprint density at radius 2 is 1.86 bits per heavy atom. The molecule has 0 amide bonds. The molecule has 1 aromatic rings. The number of nitriles is 1. The van der Waals surface area contributed by atoms with E-state index in [9.17, 15) is 31.1 Å². The van der Waals surface area contributed by atoms with Gasteiger partial charge in [-0.05, 0) is 30.8 Å². The Morgan fingerprint density at radius 3 is 2.27 bits per heavy atom. The van der Waals surface area contributed by atoms with Gasteiger partial charge in [0.25, 0.3) is 0 Å². The van der Waals surface area contributed by atoms with Gasteiger partial charge < -0.3 is 4.74 Å². The first-order chi connectivity index (χ1) is 10.0. The lowest BCUT2D eigenvalue weighted by molar-refractivity contribution is -0.138. The van der Waals surface area contributed by atoms with Gasteiger partial charge in [0.15, 0.2) is 0 Å². The summed E-state index contributed by atoms with van der Waals surface area (Å²) in [6.07, 6.45) is -5.02. The lowest BCUT2D eigenvalue weighted by Crippen LogP contribution is -2.18. The van der Waals surface area contributed by atoms with E-state index in [4.69, 9.17) is 5.26 Å². The van der Waals surface area contributed by atoms with Crippen LogP contribution in [0, 0.1) is 11.3 Å². The molecular formula is C12H7F6NO2S. The average Bonchev–Trinajstić information content (AvgIpc) is 2.35. The van der Waals surface area contributed by atoms with Crippen LogP contribution in [0.3, 0.4) is 0 Å². The molecule has 0 heterocycles. The van der Waals surface area contributed by atoms with Crippen molar-refractivity contribution in [3.8, 4) is 6.07 Å². The highest BCUT2D eigenvalue weighted by Crippen LogP contribution is 2.42. The summed E-state index contributed by atoms with van der Waals surface area (Å²) >= 11 is -0.777. The number of nitrogens with zero attached hydrogens (tertiary/aromatic N) is 1. The largest absolute Gasteiger partial charge is 0.462 e.